The van der Waals surface area contributed by atoms with Gasteiger partial charge in [0.05, 0.1) is 11.5 Å². The monoisotopic (exact) mass is 306 g/mol. The van der Waals surface area contributed by atoms with E-state index in [9.17, 15) is 14.9 Å². The second-order valence-electron chi connectivity index (χ2n) is 5.47. The van der Waals surface area contributed by atoms with Gasteiger partial charge in [0.1, 0.15) is 6.10 Å². The molecule has 22 heavy (non-hydrogen) atoms. The number of nitro benzene ring substituents is 1. The lowest BCUT2D eigenvalue weighted by Crippen LogP contribution is -2.49. The maximum Gasteiger partial charge on any atom is 0.407 e. The Kier molecular flexibility index (Phi) is 4.10. The summed E-state index contributed by atoms with van der Waals surface area (Å²) in [4.78, 5) is 25.9. The number of piperazine rings is 1. The average molecular weight is 306 g/mol. The van der Waals surface area contributed by atoms with Crippen LogP contribution in [0.5, 0.6) is 0 Å². The summed E-state index contributed by atoms with van der Waals surface area (Å²) in [6, 6.07) is 6.72. The van der Waals surface area contributed by atoms with Gasteiger partial charge in [-0.15, -0.1) is 0 Å². The van der Waals surface area contributed by atoms with Gasteiger partial charge in [-0.25, -0.2) is 4.79 Å². The number of ether oxygens (including phenoxy) is 1. The fraction of sp³-hybridized carbons (Fsp3) is 0.500. The minimum atomic E-state index is -0.374. The Bertz CT molecular complexity index is 572. The van der Waals surface area contributed by atoms with Crippen molar-refractivity contribution in [3.63, 3.8) is 0 Å². The van der Waals surface area contributed by atoms with Crippen molar-refractivity contribution in [2.45, 2.75) is 6.10 Å². The molecule has 1 amide bonds. The summed E-state index contributed by atoms with van der Waals surface area (Å²) in [5.41, 5.74) is 0.992. The second-order valence-corrected chi connectivity index (χ2v) is 5.47. The highest BCUT2D eigenvalue weighted by Gasteiger charge is 2.26. The van der Waals surface area contributed by atoms with E-state index in [2.05, 4.69) is 15.1 Å². The molecule has 0 spiro atoms. The third-order valence-corrected chi connectivity index (χ3v) is 3.99. The summed E-state index contributed by atoms with van der Waals surface area (Å²) < 4.78 is 5.14. The van der Waals surface area contributed by atoms with Gasteiger partial charge in [-0.1, -0.05) is 6.07 Å². The van der Waals surface area contributed by atoms with Crippen molar-refractivity contribution in [2.24, 2.45) is 0 Å². The number of hydrogen-bond acceptors (Lipinski definition) is 6. The third kappa shape index (κ3) is 3.28. The van der Waals surface area contributed by atoms with Crippen LogP contribution in [0.1, 0.15) is 0 Å². The molecule has 0 bridgehead atoms. The first kappa shape index (κ1) is 14.6. The number of nitro groups is 1. The van der Waals surface area contributed by atoms with Crippen molar-refractivity contribution >= 4 is 17.5 Å². The number of rotatable bonds is 4. The van der Waals surface area contributed by atoms with Gasteiger partial charge < -0.3 is 15.0 Å². The zero-order valence-electron chi connectivity index (χ0n) is 12.1. The number of nitrogens with one attached hydrogen (secondary N) is 1. The van der Waals surface area contributed by atoms with E-state index in [-0.39, 0.29) is 22.8 Å². The average Bonchev–Trinajstić information content (AvgIpc) is 2.93. The van der Waals surface area contributed by atoms with Crippen LogP contribution in [-0.2, 0) is 4.74 Å². The topological polar surface area (TPSA) is 88.0 Å². The van der Waals surface area contributed by atoms with Gasteiger partial charge in [0, 0.05) is 50.5 Å². The molecule has 0 radical (unpaired) electrons. The van der Waals surface area contributed by atoms with Crippen LogP contribution in [-0.4, -0.2) is 61.3 Å². The molecule has 2 saturated heterocycles. The number of carbonyl (C=O) groups excluding carboxylic acids is 1. The molecule has 1 N–H and O–H groups in total. The first-order chi connectivity index (χ1) is 10.6. The van der Waals surface area contributed by atoms with E-state index >= 15 is 0 Å². The number of carbonyl (C=O) groups is 1. The SMILES string of the molecule is O=C1NCC(CN2CCN(c3cccc([N+](=O)[O-])c3)CC2)O1. The molecule has 3 rings (SSSR count). The molecule has 1 aromatic rings. The summed E-state index contributed by atoms with van der Waals surface area (Å²) in [5, 5.41) is 13.5. The first-order valence-corrected chi connectivity index (χ1v) is 7.28. The van der Waals surface area contributed by atoms with Crippen LogP contribution < -0.4 is 10.2 Å². The molecule has 8 heteroatoms. The third-order valence-electron chi connectivity index (χ3n) is 3.99. The number of cyclic esters (lactones) is 1. The van der Waals surface area contributed by atoms with Crippen LogP contribution in [0.15, 0.2) is 24.3 Å². The van der Waals surface area contributed by atoms with E-state index in [1.54, 1.807) is 12.1 Å². The molecular formula is C14H18N4O4. The predicted molar refractivity (Wildman–Crippen MR) is 80.0 cm³/mol. The Hall–Kier alpha value is -2.35. The summed E-state index contributed by atoms with van der Waals surface area (Å²) in [5.74, 6) is 0. The fourth-order valence-corrected chi connectivity index (χ4v) is 2.81. The number of alkyl carbamates (subject to hydrolysis) is 1. The standard InChI is InChI=1S/C14H18N4O4/c19-14-15-9-13(22-14)10-16-4-6-17(7-5-16)11-2-1-3-12(8-11)18(20)21/h1-3,8,13H,4-7,9-10H2,(H,15,19). The number of nitrogens with zero attached hydrogens (tertiary/aromatic N) is 3. The molecule has 2 aliphatic rings. The zero-order valence-corrected chi connectivity index (χ0v) is 12.1. The molecule has 1 aromatic carbocycles. The van der Waals surface area contributed by atoms with Gasteiger partial charge in [0.15, 0.2) is 0 Å². The minimum Gasteiger partial charge on any atom is -0.443 e. The minimum absolute atomic E-state index is 0.0862. The van der Waals surface area contributed by atoms with Crippen LogP contribution in [0, 0.1) is 10.1 Å². The van der Waals surface area contributed by atoms with Gasteiger partial charge in [0.25, 0.3) is 5.69 Å². The van der Waals surface area contributed by atoms with Crippen molar-refractivity contribution in [2.75, 3.05) is 44.2 Å². The molecule has 0 saturated carbocycles. The number of hydrogen-bond donors (Lipinski definition) is 1. The molecule has 1 atom stereocenters. The quantitative estimate of drug-likeness (QED) is 0.654. The Morgan fingerprint density at radius 3 is 2.73 bits per heavy atom. The Balaban J connectivity index is 1.54. The van der Waals surface area contributed by atoms with Crippen LogP contribution in [0.4, 0.5) is 16.2 Å². The van der Waals surface area contributed by atoms with Crippen LogP contribution in [0.3, 0.4) is 0 Å². The normalized spacial score (nSPS) is 22.3. The summed E-state index contributed by atoms with van der Waals surface area (Å²) in [6.45, 7) is 4.57. The molecule has 8 nitrogen and oxygen atoms in total. The lowest BCUT2D eigenvalue weighted by atomic mass is 10.2. The van der Waals surface area contributed by atoms with E-state index < -0.39 is 0 Å². The molecule has 2 heterocycles. The molecule has 118 valence electrons. The number of anilines is 1. The summed E-state index contributed by atoms with van der Waals surface area (Å²) in [7, 11) is 0. The smallest absolute Gasteiger partial charge is 0.407 e. The fourth-order valence-electron chi connectivity index (χ4n) is 2.81. The van der Waals surface area contributed by atoms with Gasteiger partial charge in [-0.2, -0.15) is 0 Å². The largest absolute Gasteiger partial charge is 0.443 e. The van der Waals surface area contributed by atoms with E-state index in [4.69, 9.17) is 4.74 Å². The molecule has 2 aliphatic heterocycles. The lowest BCUT2D eigenvalue weighted by molar-refractivity contribution is -0.384. The number of benzene rings is 1. The van der Waals surface area contributed by atoms with Crippen LogP contribution >= 0.6 is 0 Å². The first-order valence-electron chi connectivity index (χ1n) is 7.28. The molecular weight excluding hydrogens is 288 g/mol. The van der Waals surface area contributed by atoms with Crippen molar-refractivity contribution < 1.29 is 14.5 Å². The Morgan fingerprint density at radius 1 is 1.32 bits per heavy atom. The Labute approximate surface area is 127 Å². The lowest BCUT2D eigenvalue weighted by Gasteiger charge is -2.36. The Morgan fingerprint density at radius 2 is 2.09 bits per heavy atom. The highest BCUT2D eigenvalue weighted by molar-refractivity contribution is 5.69. The summed E-state index contributed by atoms with van der Waals surface area (Å²) >= 11 is 0. The predicted octanol–water partition coefficient (Wildman–Crippen LogP) is 0.825. The summed E-state index contributed by atoms with van der Waals surface area (Å²) in [6.07, 6.45) is -0.433. The highest BCUT2D eigenvalue weighted by Crippen LogP contribution is 2.22. The van der Waals surface area contributed by atoms with E-state index in [0.29, 0.717) is 6.54 Å². The molecule has 2 fully saturated rings. The van der Waals surface area contributed by atoms with Crippen LogP contribution in [0.25, 0.3) is 0 Å². The van der Waals surface area contributed by atoms with E-state index in [1.165, 1.54) is 6.07 Å². The van der Waals surface area contributed by atoms with E-state index in [1.807, 2.05) is 6.07 Å². The van der Waals surface area contributed by atoms with Crippen LogP contribution in [0.2, 0.25) is 0 Å². The number of amides is 1. The second kappa shape index (κ2) is 6.18. The maximum absolute atomic E-state index is 11.0. The van der Waals surface area contributed by atoms with Crippen molar-refractivity contribution in [3.05, 3.63) is 34.4 Å². The molecule has 0 aliphatic carbocycles. The highest BCUT2D eigenvalue weighted by atomic mass is 16.6. The number of non-ortho nitro benzene ring substituents is 1. The van der Waals surface area contributed by atoms with Gasteiger partial charge >= 0.3 is 6.09 Å². The zero-order chi connectivity index (χ0) is 15.5. The van der Waals surface area contributed by atoms with E-state index in [0.717, 1.165) is 38.4 Å². The van der Waals surface area contributed by atoms with Crippen molar-refractivity contribution in [1.29, 1.82) is 0 Å². The van der Waals surface area contributed by atoms with Gasteiger partial charge in [-0.05, 0) is 6.07 Å². The molecule has 0 aromatic heterocycles. The van der Waals surface area contributed by atoms with Gasteiger partial charge in [-0.3, -0.25) is 15.0 Å². The maximum atomic E-state index is 11.0. The van der Waals surface area contributed by atoms with Gasteiger partial charge in [0.2, 0.25) is 0 Å². The molecule has 1 unspecified atom stereocenters. The van der Waals surface area contributed by atoms with Crippen molar-refractivity contribution in [3.8, 4) is 0 Å². The van der Waals surface area contributed by atoms with Crippen molar-refractivity contribution in [1.82, 2.24) is 10.2 Å².